The van der Waals surface area contributed by atoms with Crippen molar-refractivity contribution in [1.29, 1.82) is 0 Å². The molecule has 0 heterocycles. The second-order valence-corrected chi connectivity index (χ2v) is 3.46. The highest BCUT2D eigenvalue weighted by Crippen LogP contribution is 2.14. The van der Waals surface area contributed by atoms with Crippen LogP contribution >= 0.6 is 8.81 Å². The summed E-state index contributed by atoms with van der Waals surface area (Å²) in [7, 11) is 0.134. The molecule has 1 unspecified atom stereocenters. The summed E-state index contributed by atoms with van der Waals surface area (Å²) in [6.07, 6.45) is 0. The Morgan fingerprint density at radius 2 is 2.08 bits per heavy atom. The number of rotatable bonds is 2. The van der Waals surface area contributed by atoms with E-state index in [-0.39, 0.29) is 14.8 Å². The Morgan fingerprint density at radius 3 is 2.67 bits per heavy atom. The molecule has 0 aromatic heterocycles. The van der Waals surface area contributed by atoms with Gasteiger partial charge in [-0.3, -0.25) is 4.79 Å². The summed E-state index contributed by atoms with van der Waals surface area (Å²) in [5, 5.41) is 1.09. The van der Waals surface area contributed by atoms with Gasteiger partial charge in [0.1, 0.15) is 8.81 Å². The number of carbonyl (C=O) groups is 1. The molecule has 0 radical (unpaired) electrons. The first-order chi connectivity index (χ1) is 5.70. The Balaban J connectivity index is 2.63. The summed E-state index contributed by atoms with van der Waals surface area (Å²) in [6, 6.07) is 7.89. The van der Waals surface area contributed by atoms with Gasteiger partial charge in [0.25, 0.3) is 0 Å². The highest BCUT2D eigenvalue weighted by molar-refractivity contribution is 7.42. The van der Waals surface area contributed by atoms with Gasteiger partial charge in [-0.05, 0) is 12.5 Å². The van der Waals surface area contributed by atoms with Gasteiger partial charge in [-0.15, -0.1) is 0 Å². The van der Waals surface area contributed by atoms with Gasteiger partial charge in [0, 0.05) is 12.2 Å². The van der Waals surface area contributed by atoms with Crippen LogP contribution in [-0.4, -0.2) is 5.97 Å². The van der Waals surface area contributed by atoms with E-state index in [1.807, 2.05) is 31.2 Å². The molecule has 0 N–H and O–H groups in total. The van der Waals surface area contributed by atoms with Crippen molar-refractivity contribution in [2.45, 2.75) is 13.8 Å². The number of benzene rings is 1. The van der Waals surface area contributed by atoms with Crippen LogP contribution < -0.4 is 5.30 Å². The first-order valence-electron chi connectivity index (χ1n) is 3.69. The Hall–Kier alpha value is -0.880. The van der Waals surface area contributed by atoms with E-state index >= 15 is 0 Å². The van der Waals surface area contributed by atoms with Crippen LogP contribution in [0.4, 0.5) is 0 Å². The van der Waals surface area contributed by atoms with E-state index in [0.717, 1.165) is 10.9 Å². The van der Waals surface area contributed by atoms with Crippen LogP contribution in [-0.2, 0) is 9.32 Å². The monoisotopic (exact) mass is 182 g/mol. The van der Waals surface area contributed by atoms with E-state index in [9.17, 15) is 4.79 Å². The van der Waals surface area contributed by atoms with Gasteiger partial charge in [0.2, 0.25) is 0 Å². The Labute approximate surface area is 73.8 Å². The van der Waals surface area contributed by atoms with Crippen LogP contribution in [0.15, 0.2) is 24.3 Å². The highest BCUT2D eigenvalue weighted by atomic mass is 31.1. The highest BCUT2D eigenvalue weighted by Gasteiger charge is 1.98. The summed E-state index contributed by atoms with van der Waals surface area (Å²) in [5.41, 5.74) is 1.16. The second kappa shape index (κ2) is 4.22. The third-order valence-electron chi connectivity index (χ3n) is 1.45. The Bertz CT molecular complexity index is 284. The zero-order valence-electron chi connectivity index (χ0n) is 7.13. The van der Waals surface area contributed by atoms with E-state index in [2.05, 4.69) is 0 Å². The molecule has 12 heavy (non-hydrogen) atoms. The summed E-state index contributed by atoms with van der Waals surface area (Å²) in [6.45, 7) is 3.43. The van der Waals surface area contributed by atoms with Crippen molar-refractivity contribution in [2.24, 2.45) is 0 Å². The molecule has 64 valence electrons. The summed E-state index contributed by atoms with van der Waals surface area (Å²) >= 11 is 0. The van der Waals surface area contributed by atoms with Gasteiger partial charge in [0.15, 0.2) is 0 Å². The van der Waals surface area contributed by atoms with Crippen molar-refractivity contribution in [3.63, 3.8) is 0 Å². The van der Waals surface area contributed by atoms with Crippen molar-refractivity contribution in [3.8, 4) is 0 Å². The van der Waals surface area contributed by atoms with E-state index in [0.29, 0.717) is 0 Å². The fourth-order valence-electron chi connectivity index (χ4n) is 0.814. The zero-order chi connectivity index (χ0) is 8.97. The molecule has 0 aliphatic carbocycles. The largest absolute Gasteiger partial charge is 0.443 e. The smallest absolute Gasteiger partial charge is 0.305 e. The molecule has 2 nitrogen and oxygen atoms in total. The molecule has 0 aliphatic rings. The molecule has 0 saturated carbocycles. The van der Waals surface area contributed by atoms with Crippen molar-refractivity contribution in [2.75, 3.05) is 0 Å². The first kappa shape index (κ1) is 9.21. The lowest BCUT2D eigenvalue weighted by Crippen LogP contribution is -2.01. The molecule has 0 aliphatic heterocycles. The maximum atomic E-state index is 10.5. The summed E-state index contributed by atoms with van der Waals surface area (Å²) in [4.78, 5) is 10.5. The molecule has 1 aromatic rings. The average Bonchev–Trinajstić information content (AvgIpc) is 2.03. The molecule has 3 heteroatoms. The molecule has 1 rings (SSSR count). The van der Waals surface area contributed by atoms with Gasteiger partial charge in [-0.25, -0.2) is 0 Å². The minimum atomic E-state index is -0.225. The number of aryl methyl sites for hydroxylation is 1. The molecule has 0 amide bonds. The lowest BCUT2D eigenvalue weighted by atomic mass is 10.2. The third-order valence-corrected chi connectivity index (χ3v) is 2.62. The number of hydrogen-bond donors (Lipinski definition) is 0. The zero-order valence-corrected chi connectivity index (χ0v) is 8.13. The predicted molar refractivity (Wildman–Crippen MR) is 50.9 cm³/mol. The summed E-state index contributed by atoms with van der Waals surface area (Å²) in [5.74, 6) is -0.225. The fourth-order valence-corrected chi connectivity index (χ4v) is 1.48. The lowest BCUT2D eigenvalue weighted by molar-refractivity contribution is -0.130. The second-order valence-electron chi connectivity index (χ2n) is 2.51. The lowest BCUT2D eigenvalue weighted by Gasteiger charge is -2.03. The third kappa shape index (κ3) is 2.63. The van der Waals surface area contributed by atoms with E-state index in [1.54, 1.807) is 0 Å². The van der Waals surface area contributed by atoms with Gasteiger partial charge in [-0.1, -0.05) is 24.3 Å². The normalized spacial score (nSPS) is 10.5. The average molecular weight is 182 g/mol. The minimum Gasteiger partial charge on any atom is -0.443 e. The molecule has 0 bridgehead atoms. The number of hydrogen-bond acceptors (Lipinski definition) is 2. The molecule has 0 saturated heterocycles. The molecule has 1 aromatic carbocycles. The first-order valence-corrected chi connectivity index (χ1v) is 4.60. The maximum Gasteiger partial charge on any atom is 0.305 e. The van der Waals surface area contributed by atoms with Crippen LogP contribution in [0.25, 0.3) is 0 Å². The fraction of sp³-hybridized carbons (Fsp3) is 0.222. The van der Waals surface area contributed by atoms with Gasteiger partial charge >= 0.3 is 5.97 Å². The minimum absolute atomic E-state index is 0.134. The van der Waals surface area contributed by atoms with Gasteiger partial charge < -0.3 is 4.52 Å². The van der Waals surface area contributed by atoms with E-state index in [4.69, 9.17) is 4.52 Å². The van der Waals surface area contributed by atoms with Crippen LogP contribution in [0.1, 0.15) is 12.5 Å². The van der Waals surface area contributed by atoms with Crippen molar-refractivity contribution >= 4 is 20.1 Å². The molecule has 1 atom stereocenters. The topological polar surface area (TPSA) is 26.3 Å². The predicted octanol–water partition coefficient (Wildman–Crippen LogP) is 1.78. The molecule has 0 spiro atoms. The van der Waals surface area contributed by atoms with Crippen molar-refractivity contribution in [3.05, 3.63) is 29.8 Å². The van der Waals surface area contributed by atoms with Crippen LogP contribution in [0.3, 0.4) is 0 Å². The van der Waals surface area contributed by atoms with Crippen molar-refractivity contribution in [1.82, 2.24) is 0 Å². The molecular formula is C9H11O2P. The van der Waals surface area contributed by atoms with Crippen molar-refractivity contribution < 1.29 is 9.32 Å². The van der Waals surface area contributed by atoms with Crippen LogP contribution in [0.5, 0.6) is 0 Å². The quantitative estimate of drug-likeness (QED) is 0.651. The van der Waals surface area contributed by atoms with Crippen LogP contribution in [0.2, 0.25) is 0 Å². The standard InChI is InChI=1S/C9H11O2P/c1-7-5-3-4-6-9(7)12-11-8(2)10/h3-6,12H,1-2H3. The van der Waals surface area contributed by atoms with Gasteiger partial charge in [-0.2, -0.15) is 0 Å². The SMILES string of the molecule is CC(=O)OPc1ccccc1C. The Morgan fingerprint density at radius 1 is 1.42 bits per heavy atom. The molecule has 0 fully saturated rings. The van der Waals surface area contributed by atoms with E-state index < -0.39 is 0 Å². The Kier molecular flexibility index (Phi) is 3.24. The number of carbonyl (C=O) groups excluding carboxylic acids is 1. The van der Waals surface area contributed by atoms with Crippen LogP contribution in [0, 0.1) is 6.92 Å². The summed E-state index contributed by atoms with van der Waals surface area (Å²) < 4.78 is 4.90. The maximum absolute atomic E-state index is 10.5. The van der Waals surface area contributed by atoms with E-state index in [1.165, 1.54) is 6.92 Å². The van der Waals surface area contributed by atoms with Gasteiger partial charge in [0.05, 0.1) is 0 Å². The molecular weight excluding hydrogens is 171 g/mol.